The standard InChI is InChI=1S/C21H20N6O3/c1-13-5-6-14(19-25-21(30-26-19)16-12-29-9-7-22-16)10-15(13)24-20(28)17-11-23-18-4-2-3-8-27(17)18/h2-6,8,10-11,16,22H,7,9,12H2,1H3,(H,24,28)/t16-/m1/s1. The number of fused-ring (bicyclic) bond motifs is 1. The van der Waals surface area contributed by atoms with Gasteiger partial charge in [-0.3, -0.25) is 9.20 Å². The Morgan fingerprint density at radius 2 is 2.23 bits per heavy atom. The van der Waals surface area contributed by atoms with E-state index in [1.807, 2.05) is 49.5 Å². The van der Waals surface area contributed by atoms with Gasteiger partial charge in [-0.25, -0.2) is 4.98 Å². The van der Waals surface area contributed by atoms with Gasteiger partial charge < -0.3 is 19.9 Å². The second-order valence-corrected chi connectivity index (χ2v) is 7.09. The van der Waals surface area contributed by atoms with Gasteiger partial charge >= 0.3 is 0 Å². The molecule has 1 aliphatic heterocycles. The fourth-order valence-corrected chi connectivity index (χ4v) is 3.40. The Balaban J connectivity index is 1.40. The number of aromatic nitrogens is 4. The predicted octanol–water partition coefficient (Wildman–Crippen LogP) is 2.61. The number of imidazole rings is 1. The van der Waals surface area contributed by atoms with Gasteiger partial charge in [-0.15, -0.1) is 0 Å². The van der Waals surface area contributed by atoms with Crippen molar-refractivity contribution >= 4 is 17.2 Å². The molecule has 1 amide bonds. The lowest BCUT2D eigenvalue weighted by atomic mass is 10.1. The van der Waals surface area contributed by atoms with Gasteiger partial charge in [0.15, 0.2) is 0 Å². The Morgan fingerprint density at radius 1 is 1.30 bits per heavy atom. The fraction of sp³-hybridized carbons (Fsp3) is 0.238. The van der Waals surface area contributed by atoms with Crippen LogP contribution in [0.25, 0.3) is 17.0 Å². The Kier molecular flexibility index (Phi) is 4.74. The molecule has 0 radical (unpaired) electrons. The molecular formula is C21H20N6O3. The molecule has 4 aromatic rings. The van der Waals surface area contributed by atoms with Crippen LogP contribution in [0.5, 0.6) is 0 Å². The van der Waals surface area contributed by atoms with Crippen LogP contribution in [-0.2, 0) is 4.74 Å². The van der Waals surface area contributed by atoms with E-state index in [0.717, 1.165) is 17.7 Å². The van der Waals surface area contributed by atoms with E-state index < -0.39 is 0 Å². The summed E-state index contributed by atoms with van der Waals surface area (Å²) in [4.78, 5) is 21.6. The van der Waals surface area contributed by atoms with Gasteiger partial charge in [0, 0.05) is 24.0 Å². The molecule has 0 spiro atoms. The first kappa shape index (κ1) is 18.5. The van der Waals surface area contributed by atoms with Crippen LogP contribution in [-0.4, -0.2) is 45.2 Å². The number of hydrogen-bond donors (Lipinski definition) is 2. The van der Waals surface area contributed by atoms with Gasteiger partial charge in [0.2, 0.25) is 11.7 Å². The highest BCUT2D eigenvalue weighted by atomic mass is 16.5. The average molecular weight is 404 g/mol. The van der Waals surface area contributed by atoms with Crippen molar-refractivity contribution in [2.75, 3.05) is 25.1 Å². The number of ether oxygens (including phenoxy) is 1. The van der Waals surface area contributed by atoms with E-state index in [-0.39, 0.29) is 11.9 Å². The first-order chi connectivity index (χ1) is 14.7. The summed E-state index contributed by atoms with van der Waals surface area (Å²) in [6.45, 7) is 3.84. The molecule has 0 bridgehead atoms. The first-order valence-electron chi connectivity index (χ1n) is 9.68. The first-order valence-corrected chi connectivity index (χ1v) is 9.68. The number of carbonyl (C=O) groups excluding carboxylic acids is 1. The third-order valence-electron chi connectivity index (χ3n) is 5.06. The molecule has 2 N–H and O–H groups in total. The maximum atomic E-state index is 12.9. The number of aryl methyl sites for hydroxylation is 1. The van der Waals surface area contributed by atoms with Gasteiger partial charge in [-0.1, -0.05) is 23.4 Å². The SMILES string of the molecule is Cc1ccc(-c2noc([C@H]3COCCN3)n2)cc1NC(=O)c1cnc2ccccn12. The van der Waals surface area contributed by atoms with Crippen LogP contribution >= 0.6 is 0 Å². The van der Waals surface area contributed by atoms with Crippen LogP contribution in [0.1, 0.15) is 28.0 Å². The number of nitrogens with one attached hydrogen (secondary N) is 2. The zero-order chi connectivity index (χ0) is 20.5. The molecule has 1 aliphatic rings. The highest BCUT2D eigenvalue weighted by Gasteiger charge is 2.22. The van der Waals surface area contributed by atoms with Gasteiger partial charge in [0.25, 0.3) is 5.91 Å². The minimum atomic E-state index is -0.244. The van der Waals surface area contributed by atoms with Crippen molar-refractivity contribution in [3.8, 4) is 11.4 Å². The summed E-state index contributed by atoms with van der Waals surface area (Å²) >= 11 is 0. The van der Waals surface area contributed by atoms with Crippen LogP contribution < -0.4 is 10.6 Å². The molecular weight excluding hydrogens is 384 g/mol. The molecule has 9 nitrogen and oxygen atoms in total. The molecule has 1 atom stereocenters. The lowest BCUT2D eigenvalue weighted by Gasteiger charge is -2.20. The van der Waals surface area contributed by atoms with E-state index in [9.17, 15) is 4.79 Å². The van der Waals surface area contributed by atoms with Gasteiger partial charge in [0.1, 0.15) is 17.4 Å². The fourth-order valence-electron chi connectivity index (χ4n) is 3.40. The summed E-state index contributed by atoms with van der Waals surface area (Å²) in [6.07, 6.45) is 3.37. The highest BCUT2D eigenvalue weighted by molar-refractivity contribution is 6.04. The number of hydrogen-bond acceptors (Lipinski definition) is 7. The van der Waals surface area contributed by atoms with Crippen LogP contribution in [0.15, 0.2) is 53.3 Å². The van der Waals surface area contributed by atoms with E-state index in [2.05, 4.69) is 25.8 Å². The average Bonchev–Trinajstić information content (AvgIpc) is 3.43. The topological polar surface area (TPSA) is 107 Å². The van der Waals surface area contributed by atoms with Crippen molar-refractivity contribution < 1.29 is 14.1 Å². The molecule has 152 valence electrons. The number of amides is 1. The number of benzene rings is 1. The zero-order valence-electron chi connectivity index (χ0n) is 16.3. The Labute approximate surface area is 172 Å². The van der Waals surface area contributed by atoms with E-state index in [1.165, 1.54) is 0 Å². The molecule has 9 heteroatoms. The minimum absolute atomic E-state index is 0.111. The quantitative estimate of drug-likeness (QED) is 0.538. The van der Waals surface area contributed by atoms with Gasteiger partial charge in [0.05, 0.1) is 19.4 Å². The maximum absolute atomic E-state index is 12.9. The zero-order valence-corrected chi connectivity index (χ0v) is 16.3. The minimum Gasteiger partial charge on any atom is -0.378 e. The molecule has 0 aliphatic carbocycles. The van der Waals surface area contributed by atoms with Gasteiger partial charge in [-0.05, 0) is 30.7 Å². The molecule has 30 heavy (non-hydrogen) atoms. The summed E-state index contributed by atoms with van der Waals surface area (Å²) in [6, 6.07) is 11.1. The summed E-state index contributed by atoms with van der Waals surface area (Å²) in [5.74, 6) is 0.704. The van der Waals surface area contributed by atoms with Crippen molar-refractivity contribution in [2.24, 2.45) is 0 Å². The van der Waals surface area contributed by atoms with Crippen molar-refractivity contribution in [1.82, 2.24) is 24.8 Å². The number of carbonyl (C=O) groups is 1. The Morgan fingerprint density at radius 3 is 3.10 bits per heavy atom. The second kappa shape index (κ2) is 7.69. The largest absolute Gasteiger partial charge is 0.378 e. The number of pyridine rings is 1. The molecule has 5 rings (SSSR count). The van der Waals surface area contributed by atoms with Crippen molar-refractivity contribution in [3.05, 3.63) is 65.9 Å². The lowest BCUT2D eigenvalue weighted by molar-refractivity contribution is 0.0659. The monoisotopic (exact) mass is 404 g/mol. The number of rotatable bonds is 4. The van der Waals surface area contributed by atoms with E-state index >= 15 is 0 Å². The normalized spacial score (nSPS) is 16.6. The molecule has 0 saturated carbocycles. The Bertz CT molecular complexity index is 1210. The summed E-state index contributed by atoms with van der Waals surface area (Å²) in [5.41, 5.74) is 3.52. The van der Waals surface area contributed by atoms with Crippen LogP contribution in [0.3, 0.4) is 0 Å². The second-order valence-electron chi connectivity index (χ2n) is 7.09. The van der Waals surface area contributed by atoms with Crippen molar-refractivity contribution in [1.29, 1.82) is 0 Å². The van der Waals surface area contributed by atoms with Crippen LogP contribution in [0.4, 0.5) is 5.69 Å². The number of anilines is 1. The van der Waals surface area contributed by atoms with E-state index in [4.69, 9.17) is 9.26 Å². The van der Waals surface area contributed by atoms with E-state index in [1.54, 1.807) is 10.6 Å². The van der Waals surface area contributed by atoms with Crippen molar-refractivity contribution in [2.45, 2.75) is 13.0 Å². The molecule has 0 unspecified atom stereocenters. The smallest absolute Gasteiger partial charge is 0.274 e. The maximum Gasteiger partial charge on any atom is 0.274 e. The Hall–Kier alpha value is -3.56. The molecule has 3 aromatic heterocycles. The summed E-state index contributed by atoms with van der Waals surface area (Å²) < 4.78 is 12.6. The van der Waals surface area contributed by atoms with Crippen molar-refractivity contribution in [3.63, 3.8) is 0 Å². The highest BCUT2D eigenvalue weighted by Crippen LogP contribution is 2.25. The lowest BCUT2D eigenvalue weighted by Crippen LogP contribution is -2.34. The predicted molar refractivity (Wildman–Crippen MR) is 109 cm³/mol. The molecule has 4 heterocycles. The molecule has 1 aromatic carbocycles. The summed E-state index contributed by atoms with van der Waals surface area (Å²) in [5, 5.41) is 10.4. The summed E-state index contributed by atoms with van der Waals surface area (Å²) in [7, 11) is 0. The molecule has 1 fully saturated rings. The number of nitrogens with zero attached hydrogens (tertiary/aromatic N) is 4. The third kappa shape index (κ3) is 3.44. The molecule has 1 saturated heterocycles. The number of morpholine rings is 1. The van der Waals surface area contributed by atoms with Crippen LogP contribution in [0.2, 0.25) is 0 Å². The van der Waals surface area contributed by atoms with E-state index in [0.29, 0.717) is 42.0 Å². The third-order valence-corrected chi connectivity index (χ3v) is 5.06. The van der Waals surface area contributed by atoms with Crippen LogP contribution in [0, 0.1) is 6.92 Å². The van der Waals surface area contributed by atoms with Gasteiger partial charge in [-0.2, -0.15) is 4.98 Å².